The van der Waals surface area contributed by atoms with E-state index in [1.165, 1.54) is 25.4 Å². The van der Waals surface area contributed by atoms with Crippen molar-refractivity contribution < 1.29 is 5.11 Å². The van der Waals surface area contributed by atoms with E-state index in [1.807, 2.05) is 0 Å². The van der Waals surface area contributed by atoms with Crippen LogP contribution in [0, 0.1) is 13.8 Å². The summed E-state index contributed by atoms with van der Waals surface area (Å²) in [5, 5.41) is 12.5. The standard InChI is InChI=1S/C11H15NOS2.ClH/c1-6-5-14-11-9(6)7(2)10(15-11)8(12)3-4-13;/h5,8,13H,3-4,12H2,1-2H3;1H. The van der Waals surface area contributed by atoms with E-state index in [9.17, 15) is 0 Å². The molecular weight excluding hydrogens is 262 g/mol. The van der Waals surface area contributed by atoms with Gasteiger partial charge in [0.25, 0.3) is 0 Å². The van der Waals surface area contributed by atoms with Crippen molar-refractivity contribution >= 4 is 44.5 Å². The molecule has 2 aromatic heterocycles. The predicted octanol–water partition coefficient (Wildman–Crippen LogP) is 3.38. The van der Waals surface area contributed by atoms with Crippen LogP contribution in [-0.4, -0.2) is 11.7 Å². The van der Waals surface area contributed by atoms with Gasteiger partial charge >= 0.3 is 0 Å². The van der Waals surface area contributed by atoms with Crippen LogP contribution in [0.15, 0.2) is 5.38 Å². The third-order valence-electron chi connectivity index (χ3n) is 2.67. The number of hydrogen-bond acceptors (Lipinski definition) is 4. The van der Waals surface area contributed by atoms with E-state index < -0.39 is 0 Å². The van der Waals surface area contributed by atoms with Crippen molar-refractivity contribution in [3.05, 3.63) is 21.4 Å². The molecule has 2 aromatic rings. The summed E-state index contributed by atoms with van der Waals surface area (Å²) in [6.07, 6.45) is 0.646. The van der Waals surface area contributed by atoms with Crippen LogP contribution in [-0.2, 0) is 0 Å². The molecule has 2 heterocycles. The first-order valence-corrected chi connectivity index (χ1v) is 6.68. The molecule has 2 nitrogen and oxygen atoms in total. The Labute approximate surface area is 110 Å². The lowest BCUT2D eigenvalue weighted by molar-refractivity contribution is 0.277. The average Bonchev–Trinajstić information content (AvgIpc) is 2.70. The number of aliphatic hydroxyl groups is 1. The van der Waals surface area contributed by atoms with Gasteiger partial charge < -0.3 is 10.8 Å². The van der Waals surface area contributed by atoms with E-state index in [0.717, 1.165) is 0 Å². The monoisotopic (exact) mass is 277 g/mol. The fourth-order valence-corrected chi connectivity index (χ4v) is 4.45. The highest BCUT2D eigenvalue weighted by atomic mass is 35.5. The molecule has 0 spiro atoms. The number of halogens is 1. The number of aryl methyl sites for hydroxylation is 2. The Morgan fingerprint density at radius 2 is 2.12 bits per heavy atom. The zero-order valence-electron chi connectivity index (χ0n) is 9.32. The number of fused-ring (bicyclic) bond motifs is 1. The first kappa shape index (κ1) is 13.9. The molecular formula is C11H16ClNOS2. The maximum atomic E-state index is 8.90. The summed E-state index contributed by atoms with van der Waals surface area (Å²) in [4.78, 5) is 1.23. The van der Waals surface area contributed by atoms with Crippen molar-refractivity contribution in [2.24, 2.45) is 5.73 Å². The molecule has 3 N–H and O–H groups in total. The van der Waals surface area contributed by atoms with Gasteiger partial charge in [-0.2, -0.15) is 0 Å². The Morgan fingerprint density at radius 3 is 2.69 bits per heavy atom. The summed E-state index contributed by atoms with van der Waals surface area (Å²) in [5.74, 6) is 0. The molecule has 0 saturated heterocycles. The molecule has 0 aliphatic heterocycles. The molecule has 90 valence electrons. The summed E-state index contributed by atoms with van der Waals surface area (Å²) in [6, 6.07) is -0.0148. The maximum absolute atomic E-state index is 8.90. The fourth-order valence-electron chi connectivity index (χ4n) is 1.87. The van der Waals surface area contributed by atoms with E-state index >= 15 is 0 Å². The van der Waals surface area contributed by atoms with Crippen molar-refractivity contribution in [3.63, 3.8) is 0 Å². The van der Waals surface area contributed by atoms with Crippen LogP contribution in [0.3, 0.4) is 0 Å². The molecule has 2 rings (SSSR count). The summed E-state index contributed by atoms with van der Waals surface area (Å²) in [6.45, 7) is 4.43. The minimum Gasteiger partial charge on any atom is -0.396 e. The van der Waals surface area contributed by atoms with Crippen LogP contribution < -0.4 is 5.73 Å². The van der Waals surface area contributed by atoms with Crippen LogP contribution >= 0.6 is 35.1 Å². The molecule has 0 aliphatic carbocycles. The summed E-state index contributed by atoms with van der Waals surface area (Å²) in [7, 11) is 0. The molecule has 5 heteroatoms. The molecule has 0 bridgehead atoms. The molecule has 1 unspecified atom stereocenters. The molecule has 0 saturated carbocycles. The third kappa shape index (κ3) is 2.26. The van der Waals surface area contributed by atoms with Gasteiger partial charge in [-0.25, -0.2) is 0 Å². The molecule has 16 heavy (non-hydrogen) atoms. The smallest absolute Gasteiger partial charge is 0.0873 e. The zero-order chi connectivity index (χ0) is 11.0. The van der Waals surface area contributed by atoms with Gasteiger partial charge in [-0.15, -0.1) is 35.1 Å². The van der Waals surface area contributed by atoms with Gasteiger partial charge in [-0.1, -0.05) is 0 Å². The van der Waals surface area contributed by atoms with E-state index in [0.29, 0.717) is 6.42 Å². The van der Waals surface area contributed by atoms with Gasteiger partial charge in [-0.05, 0) is 36.8 Å². The van der Waals surface area contributed by atoms with Crippen LogP contribution in [0.2, 0.25) is 0 Å². The summed E-state index contributed by atoms with van der Waals surface area (Å²) in [5.41, 5.74) is 8.67. The first-order chi connectivity index (χ1) is 7.15. The van der Waals surface area contributed by atoms with E-state index in [4.69, 9.17) is 10.8 Å². The normalized spacial score (nSPS) is 12.8. The van der Waals surface area contributed by atoms with Gasteiger partial charge in [0.05, 0.1) is 4.01 Å². The van der Waals surface area contributed by atoms with Gasteiger partial charge in [0, 0.05) is 22.9 Å². The number of thiophene rings is 2. The highest BCUT2D eigenvalue weighted by molar-refractivity contribution is 7.37. The van der Waals surface area contributed by atoms with Crippen LogP contribution in [0.25, 0.3) is 9.40 Å². The highest BCUT2D eigenvalue weighted by Gasteiger charge is 2.16. The largest absolute Gasteiger partial charge is 0.396 e. The lowest BCUT2D eigenvalue weighted by Crippen LogP contribution is -2.11. The second-order valence-corrected chi connectivity index (χ2v) is 5.98. The Kier molecular flexibility index (Phi) is 4.76. The summed E-state index contributed by atoms with van der Waals surface area (Å²) >= 11 is 3.56. The lowest BCUT2D eigenvalue weighted by Gasteiger charge is -2.08. The lowest BCUT2D eigenvalue weighted by atomic mass is 10.1. The Balaban J connectivity index is 0.00000128. The second kappa shape index (κ2) is 5.47. The number of rotatable bonds is 3. The SMILES string of the molecule is Cc1csc2sc(C(N)CCO)c(C)c12.Cl. The molecule has 1 atom stereocenters. The van der Waals surface area contributed by atoms with E-state index in [2.05, 4.69) is 19.2 Å². The third-order valence-corrected chi connectivity index (χ3v) is 5.31. The van der Waals surface area contributed by atoms with Crippen molar-refractivity contribution in [2.45, 2.75) is 26.3 Å². The minimum atomic E-state index is -0.0148. The number of hydrogen-bond donors (Lipinski definition) is 2. The Morgan fingerprint density at radius 1 is 1.44 bits per heavy atom. The Hall–Kier alpha value is -0.130. The van der Waals surface area contributed by atoms with Gasteiger partial charge in [0.15, 0.2) is 0 Å². The molecule has 0 fully saturated rings. The number of aliphatic hydroxyl groups excluding tert-OH is 1. The quantitative estimate of drug-likeness (QED) is 0.903. The molecule has 0 amide bonds. The predicted molar refractivity (Wildman–Crippen MR) is 75.1 cm³/mol. The molecule has 0 radical (unpaired) electrons. The van der Waals surface area contributed by atoms with Gasteiger partial charge in [0.2, 0.25) is 0 Å². The van der Waals surface area contributed by atoms with Gasteiger partial charge in [0.1, 0.15) is 0 Å². The van der Waals surface area contributed by atoms with E-state index in [-0.39, 0.29) is 25.1 Å². The molecule has 0 aromatic carbocycles. The summed E-state index contributed by atoms with van der Waals surface area (Å²) < 4.78 is 1.35. The topological polar surface area (TPSA) is 46.2 Å². The second-order valence-electron chi connectivity index (χ2n) is 3.79. The number of nitrogens with two attached hydrogens (primary N) is 1. The van der Waals surface area contributed by atoms with Crippen LogP contribution in [0.5, 0.6) is 0 Å². The van der Waals surface area contributed by atoms with E-state index in [1.54, 1.807) is 22.7 Å². The highest BCUT2D eigenvalue weighted by Crippen LogP contribution is 2.40. The van der Waals surface area contributed by atoms with Crippen molar-refractivity contribution in [2.75, 3.05) is 6.61 Å². The average molecular weight is 278 g/mol. The van der Waals surface area contributed by atoms with Gasteiger partial charge in [-0.3, -0.25) is 0 Å². The fraction of sp³-hybridized carbons (Fsp3) is 0.455. The first-order valence-electron chi connectivity index (χ1n) is 4.98. The van der Waals surface area contributed by atoms with Crippen LogP contribution in [0.4, 0.5) is 0 Å². The van der Waals surface area contributed by atoms with Crippen molar-refractivity contribution in [1.82, 2.24) is 0 Å². The maximum Gasteiger partial charge on any atom is 0.0873 e. The zero-order valence-corrected chi connectivity index (χ0v) is 11.8. The van der Waals surface area contributed by atoms with Crippen molar-refractivity contribution in [1.29, 1.82) is 0 Å². The Bertz CT molecular complexity index is 477. The van der Waals surface area contributed by atoms with Crippen LogP contribution in [0.1, 0.15) is 28.5 Å². The minimum absolute atomic E-state index is 0. The van der Waals surface area contributed by atoms with Crippen molar-refractivity contribution in [3.8, 4) is 0 Å². The molecule has 0 aliphatic rings.